The predicted molar refractivity (Wildman–Crippen MR) is 110 cm³/mol. The Kier molecular flexibility index (Phi) is 4.47. The lowest BCUT2D eigenvalue weighted by atomic mass is 9.94. The number of nitrogens with zero attached hydrogens (tertiary/aromatic N) is 3. The summed E-state index contributed by atoms with van der Waals surface area (Å²) >= 11 is 0. The summed E-state index contributed by atoms with van der Waals surface area (Å²) in [7, 11) is 0. The van der Waals surface area contributed by atoms with Gasteiger partial charge in [-0.15, -0.1) is 0 Å². The van der Waals surface area contributed by atoms with E-state index in [0.717, 1.165) is 55.7 Å². The number of rotatable bonds is 2. The summed E-state index contributed by atoms with van der Waals surface area (Å²) in [6.07, 6.45) is 6.46. The molecular weight excluding hydrogens is 346 g/mol. The van der Waals surface area contributed by atoms with Gasteiger partial charge in [-0.05, 0) is 68.2 Å². The molecule has 2 bridgehead atoms. The summed E-state index contributed by atoms with van der Waals surface area (Å²) in [5, 5.41) is 0. The van der Waals surface area contributed by atoms with Crippen LogP contribution in [-0.4, -0.2) is 52.4 Å². The van der Waals surface area contributed by atoms with Gasteiger partial charge in [0.2, 0.25) is 0 Å². The summed E-state index contributed by atoms with van der Waals surface area (Å²) in [5.74, 6) is 0.765. The van der Waals surface area contributed by atoms with Crippen molar-refractivity contribution in [3.05, 3.63) is 64.5 Å². The fourth-order valence-corrected chi connectivity index (χ4v) is 5.53. The van der Waals surface area contributed by atoms with Gasteiger partial charge in [0, 0.05) is 43.6 Å². The number of hydrogen-bond acceptors (Lipinski definition) is 3. The molecule has 2 aromatic rings. The number of amides is 1. The second kappa shape index (κ2) is 7.00. The lowest BCUT2D eigenvalue weighted by molar-refractivity contribution is 0.0580. The van der Waals surface area contributed by atoms with E-state index in [2.05, 4.69) is 39.0 Å². The topological polar surface area (TPSA) is 36.4 Å². The number of carbonyl (C=O) groups excluding carboxylic acids is 1. The maximum absolute atomic E-state index is 13.3. The molecule has 4 nitrogen and oxygen atoms in total. The summed E-state index contributed by atoms with van der Waals surface area (Å²) in [4.78, 5) is 22.6. The third kappa shape index (κ3) is 3.14. The highest BCUT2D eigenvalue weighted by Gasteiger charge is 2.40. The summed E-state index contributed by atoms with van der Waals surface area (Å²) in [5.41, 5.74) is 5.81. The number of carbonyl (C=O) groups is 1. The fraction of sp³-hybridized carbons (Fsp3) is 0.500. The Morgan fingerprint density at radius 3 is 2.46 bits per heavy atom. The van der Waals surface area contributed by atoms with Crippen molar-refractivity contribution in [2.24, 2.45) is 5.92 Å². The van der Waals surface area contributed by atoms with Crippen molar-refractivity contribution in [2.45, 2.75) is 51.6 Å². The van der Waals surface area contributed by atoms with Crippen molar-refractivity contribution in [3.8, 4) is 0 Å². The molecule has 3 fully saturated rings. The maximum Gasteiger partial charge on any atom is 0.255 e. The van der Waals surface area contributed by atoms with E-state index < -0.39 is 0 Å². The predicted octanol–water partition coefficient (Wildman–Crippen LogP) is 3.40. The van der Waals surface area contributed by atoms with Gasteiger partial charge in [0.1, 0.15) is 0 Å². The number of benzene rings is 1. The molecule has 4 heterocycles. The molecule has 4 heteroatoms. The minimum absolute atomic E-state index is 0.177. The van der Waals surface area contributed by atoms with Gasteiger partial charge in [-0.1, -0.05) is 24.3 Å². The Labute approximate surface area is 167 Å². The summed E-state index contributed by atoms with van der Waals surface area (Å²) in [6, 6.07) is 11.8. The SMILES string of the molecule is Cc1cc(C)c(C(=O)N2C[C@H]3CC[C@@H]2CN(C2Cc4ccccc4C2)C3)cn1. The van der Waals surface area contributed by atoms with Gasteiger partial charge < -0.3 is 4.90 Å². The Balaban J connectivity index is 1.35. The molecule has 0 spiro atoms. The lowest BCUT2D eigenvalue weighted by Crippen LogP contribution is -2.48. The molecule has 0 unspecified atom stereocenters. The fourth-order valence-electron chi connectivity index (χ4n) is 5.53. The number of hydrogen-bond donors (Lipinski definition) is 0. The van der Waals surface area contributed by atoms with E-state index >= 15 is 0 Å². The van der Waals surface area contributed by atoms with Gasteiger partial charge >= 0.3 is 0 Å². The smallest absolute Gasteiger partial charge is 0.255 e. The van der Waals surface area contributed by atoms with Gasteiger partial charge in [-0.3, -0.25) is 14.7 Å². The van der Waals surface area contributed by atoms with Gasteiger partial charge in [0.25, 0.3) is 5.91 Å². The highest BCUT2D eigenvalue weighted by Crippen LogP contribution is 2.33. The Bertz CT molecular complexity index is 883. The number of aryl methyl sites for hydroxylation is 2. The van der Waals surface area contributed by atoms with Crippen LogP contribution < -0.4 is 0 Å². The van der Waals surface area contributed by atoms with Crippen LogP contribution in [0.1, 0.15) is 45.6 Å². The summed E-state index contributed by atoms with van der Waals surface area (Å²) < 4.78 is 0. The van der Waals surface area contributed by atoms with Crippen LogP contribution in [0.4, 0.5) is 0 Å². The molecule has 6 rings (SSSR count). The quantitative estimate of drug-likeness (QED) is 0.807. The molecular formula is C24H29N3O. The lowest BCUT2D eigenvalue weighted by Gasteiger charge is -2.36. The van der Waals surface area contributed by atoms with Crippen LogP contribution in [0.15, 0.2) is 36.5 Å². The molecule has 1 amide bonds. The van der Waals surface area contributed by atoms with E-state index in [4.69, 9.17) is 0 Å². The van der Waals surface area contributed by atoms with Crippen LogP contribution in [0, 0.1) is 19.8 Å². The van der Waals surface area contributed by atoms with Gasteiger partial charge in [0.05, 0.1) is 5.56 Å². The monoisotopic (exact) mass is 375 g/mol. The van der Waals surface area contributed by atoms with E-state index in [9.17, 15) is 4.79 Å². The molecule has 28 heavy (non-hydrogen) atoms. The van der Waals surface area contributed by atoms with Crippen molar-refractivity contribution in [3.63, 3.8) is 0 Å². The number of pyridine rings is 1. The van der Waals surface area contributed by atoms with Crippen LogP contribution in [0.3, 0.4) is 0 Å². The molecule has 0 radical (unpaired) electrons. The average Bonchev–Trinajstić information content (AvgIpc) is 2.90. The van der Waals surface area contributed by atoms with Crippen LogP contribution in [-0.2, 0) is 12.8 Å². The molecule has 0 saturated carbocycles. The number of aromatic nitrogens is 1. The standard InChI is InChI=1S/C24H29N3O/c1-16-9-17(2)25-12-23(16)24(28)27-14-18-7-8-21(27)15-26(13-18)22-10-19-5-3-4-6-20(19)11-22/h3-6,9,12,18,21-22H,7-8,10-11,13-15H2,1-2H3/t18-,21+/m0/s1. The molecule has 1 aliphatic carbocycles. The minimum atomic E-state index is 0.177. The first-order valence-electron chi connectivity index (χ1n) is 10.6. The van der Waals surface area contributed by atoms with Crippen molar-refractivity contribution >= 4 is 5.91 Å². The molecule has 3 aliphatic heterocycles. The summed E-state index contributed by atoms with van der Waals surface area (Å²) in [6.45, 7) is 7.04. The third-order valence-corrected chi connectivity index (χ3v) is 7.03. The van der Waals surface area contributed by atoms with E-state index in [1.165, 1.54) is 17.5 Å². The first-order chi connectivity index (χ1) is 13.6. The van der Waals surface area contributed by atoms with E-state index in [1.54, 1.807) is 6.20 Å². The van der Waals surface area contributed by atoms with Gasteiger partial charge in [0.15, 0.2) is 0 Å². The zero-order chi connectivity index (χ0) is 19.3. The molecule has 2 atom stereocenters. The molecule has 1 aromatic heterocycles. The van der Waals surface area contributed by atoms with Crippen molar-refractivity contribution in [1.82, 2.24) is 14.8 Å². The van der Waals surface area contributed by atoms with Crippen LogP contribution in [0.25, 0.3) is 0 Å². The molecule has 146 valence electrons. The van der Waals surface area contributed by atoms with E-state index in [-0.39, 0.29) is 5.91 Å². The van der Waals surface area contributed by atoms with Gasteiger partial charge in [-0.25, -0.2) is 0 Å². The first kappa shape index (κ1) is 17.9. The third-order valence-electron chi connectivity index (χ3n) is 7.03. The maximum atomic E-state index is 13.3. The zero-order valence-corrected chi connectivity index (χ0v) is 16.9. The Hall–Kier alpha value is -2.20. The van der Waals surface area contributed by atoms with Crippen molar-refractivity contribution in [2.75, 3.05) is 19.6 Å². The Morgan fingerprint density at radius 2 is 1.75 bits per heavy atom. The van der Waals surface area contributed by atoms with Crippen molar-refractivity contribution in [1.29, 1.82) is 0 Å². The van der Waals surface area contributed by atoms with Crippen LogP contribution in [0.5, 0.6) is 0 Å². The Morgan fingerprint density at radius 1 is 1.00 bits per heavy atom. The normalized spacial score (nSPS) is 25.0. The number of piperidine rings is 1. The molecule has 0 N–H and O–H groups in total. The van der Waals surface area contributed by atoms with Gasteiger partial charge in [-0.2, -0.15) is 0 Å². The molecule has 1 aromatic carbocycles. The first-order valence-corrected chi connectivity index (χ1v) is 10.6. The largest absolute Gasteiger partial charge is 0.334 e. The van der Waals surface area contributed by atoms with Crippen molar-refractivity contribution < 1.29 is 4.79 Å². The highest BCUT2D eigenvalue weighted by atomic mass is 16.2. The minimum Gasteiger partial charge on any atom is -0.334 e. The van der Waals surface area contributed by atoms with Crippen LogP contribution in [0.2, 0.25) is 0 Å². The van der Waals surface area contributed by atoms with E-state index in [1.807, 2.05) is 19.9 Å². The zero-order valence-electron chi connectivity index (χ0n) is 16.9. The van der Waals surface area contributed by atoms with Crippen LogP contribution >= 0.6 is 0 Å². The molecule has 3 saturated heterocycles. The average molecular weight is 376 g/mol. The van der Waals surface area contributed by atoms with E-state index in [0.29, 0.717) is 18.0 Å². The molecule has 4 aliphatic rings. The highest BCUT2D eigenvalue weighted by molar-refractivity contribution is 5.95. The second-order valence-electron chi connectivity index (χ2n) is 8.98. The number of fused-ring (bicyclic) bond motifs is 5. The second-order valence-corrected chi connectivity index (χ2v) is 8.98.